The number of rotatable bonds is 6. The highest BCUT2D eigenvalue weighted by atomic mass is 32.2. The van der Waals surface area contributed by atoms with E-state index in [0.29, 0.717) is 35.0 Å². The lowest BCUT2D eigenvalue weighted by atomic mass is 10.2. The molecule has 0 aliphatic carbocycles. The van der Waals surface area contributed by atoms with Gasteiger partial charge in [-0.2, -0.15) is 0 Å². The van der Waals surface area contributed by atoms with Gasteiger partial charge in [0, 0.05) is 16.4 Å². The highest BCUT2D eigenvalue weighted by Crippen LogP contribution is 2.47. The second-order valence-electron chi connectivity index (χ2n) is 6.05. The number of carbonyl (C=O) groups is 1. The molecule has 4 rings (SSSR count). The third-order valence-corrected chi connectivity index (χ3v) is 8.25. The Labute approximate surface area is 176 Å². The van der Waals surface area contributed by atoms with Crippen LogP contribution in [0.5, 0.6) is 23.0 Å². The van der Waals surface area contributed by atoms with Gasteiger partial charge >= 0.3 is 5.97 Å². The first-order valence-corrected chi connectivity index (χ1v) is 12.0. The molecule has 28 heavy (non-hydrogen) atoms. The Bertz CT molecular complexity index is 852. The Balaban J connectivity index is 1.36. The Morgan fingerprint density at radius 3 is 2.64 bits per heavy atom. The van der Waals surface area contributed by atoms with Gasteiger partial charge in [-0.25, -0.2) is 0 Å². The summed E-state index contributed by atoms with van der Waals surface area (Å²) >= 11 is 5.25. The lowest BCUT2D eigenvalue weighted by molar-refractivity contribution is -0.131. The van der Waals surface area contributed by atoms with Gasteiger partial charge in [0.25, 0.3) is 0 Å². The molecule has 2 aliphatic heterocycles. The Morgan fingerprint density at radius 2 is 1.86 bits per heavy atom. The maximum atomic E-state index is 12.3. The number of hydrogen-bond donors (Lipinski definition) is 0. The number of methoxy groups -OCH3 is 1. The van der Waals surface area contributed by atoms with Crippen molar-refractivity contribution in [2.24, 2.45) is 0 Å². The molecule has 2 aliphatic rings. The smallest absolute Gasteiger partial charge is 0.321 e. The molecule has 2 aromatic carbocycles. The summed E-state index contributed by atoms with van der Waals surface area (Å²) in [5.74, 6) is 4.67. The molecule has 1 fully saturated rings. The monoisotopic (exact) mass is 436 g/mol. The molecule has 2 heterocycles. The summed E-state index contributed by atoms with van der Waals surface area (Å²) in [5, 5.41) is 0. The van der Waals surface area contributed by atoms with E-state index in [1.54, 1.807) is 7.11 Å². The molecular formula is C20H20O5S3. The number of carbonyl (C=O) groups excluding carboxylic acids is 1. The highest BCUT2D eigenvalue weighted by molar-refractivity contribution is 8.19. The third-order valence-electron chi connectivity index (χ3n) is 4.18. The van der Waals surface area contributed by atoms with Crippen LogP contribution in [0.3, 0.4) is 0 Å². The molecule has 0 bridgehead atoms. The Hall–Kier alpha value is -1.64. The van der Waals surface area contributed by atoms with Gasteiger partial charge in [-0.3, -0.25) is 4.79 Å². The van der Waals surface area contributed by atoms with E-state index in [-0.39, 0.29) is 11.7 Å². The van der Waals surface area contributed by atoms with Gasteiger partial charge in [-0.15, -0.1) is 35.3 Å². The van der Waals surface area contributed by atoms with Crippen LogP contribution in [0, 0.1) is 0 Å². The molecule has 0 atom stereocenters. The van der Waals surface area contributed by atoms with E-state index in [4.69, 9.17) is 18.9 Å². The summed E-state index contributed by atoms with van der Waals surface area (Å²) in [6.45, 7) is 1.10. The minimum absolute atomic E-state index is 0.193. The van der Waals surface area contributed by atoms with Crippen LogP contribution in [0.4, 0.5) is 0 Å². The van der Waals surface area contributed by atoms with Crippen molar-refractivity contribution in [2.75, 3.05) is 37.6 Å². The van der Waals surface area contributed by atoms with Gasteiger partial charge in [0.1, 0.15) is 13.2 Å². The largest absolute Gasteiger partial charge is 0.493 e. The molecule has 0 saturated carbocycles. The van der Waals surface area contributed by atoms with Crippen molar-refractivity contribution < 1.29 is 23.7 Å². The topological polar surface area (TPSA) is 54.0 Å². The van der Waals surface area contributed by atoms with E-state index < -0.39 is 0 Å². The molecule has 0 unspecified atom stereocenters. The minimum atomic E-state index is -0.324. The van der Waals surface area contributed by atoms with E-state index in [1.165, 1.54) is 17.3 Å². The van der Waals surface area contributed by atoms with Crippen LogP contribution in [0.1, 0.15) is 10.1 Å². The standard InChI is InChI=1S/C20H20O5S3/c1-22-17-10-13(20-26-8-9-27-20)2-4-16(17)25-19(21)12-28-14-3-5-15-18(11-14)24-7-6-23-15/h2-5,10-11,20H,6-9,12H2,1H3. The summed E-state index contributed by atoms with van der Waals surface area (Å²) in [5.41, 5.74) is 1.19. The molecule has 0 aromatic heterocycles. The fourth-order valence-electron chi connectivity index (χ4n) is 2.87. The van der Waals surface area contributed by atoms with Crippen molar-refractivity contribution in [2.45, 2.75) is 9.48 Å². The number of benzene rings is 2. The van der Waals surface area contributed by atoms with Crippen molar-refractivity contribution in [3.05, 3.63) is 42.0 Å². The second-order valence-corrected chi connectivity index (χ2v) is 9.83. The van der Waals surface area contributed by atoms with Crippen LogP contribution < -0.4 is 18.9 Å². The summed E-state index contributed by atoms with van der Waals surface area (Å²) in [4.78, 5) is 13.3. The number of thioether (sulfide) groups is 3. The van der Waals surface area contributed by atoms with E-state index in [0.717, 1.165) is 22.2 Å². The van der Waals surface area contributed by atoms with E-state index in [1.807, 2.05) is 59.9 Å². The zero-order chi connectivity index (χ0) is 19.3. The van der Waals surface area contributed by atoms with Crippen molar-refractivity contribution >= 4 is 41.3 Å². The molecule has 1 saturated heterocycles. The number of ether oxygens (including phenoxy) is 4. The molecule has 0 spiro atoms. The van der Waals surface area contributed by atoms with Crippen LogP contribution in [0.15, 0.2) is 41.3 Å². The van der Waals surface area contributed by atoms with E-state index in [9.17, 15) is 4.79 Å². The minimum Gasteiger partial charge on any atom is -0.493 e. The van der Waals surface area contributed by atoms with Crippen LogP contribution in [-0.4, -0.2) is 43.6 Å². The number of hydrogen-bond acceptors (Lipinski definition) is 8. The predicted octanol–water partition coefficient (Wildman–Crippen LogP) is 4.64. The zero-order valence-corrected chi connectivity index (χ0v) is 17.8. The average molecular weight is 437 g/mol. The van der Waals surface area contributed by atoms with Crippen molar-refractivity contribution in [3.63, 3.8) is 0 Å². The first kappa shape index (κ1) is 19.7. The molecule has 0 amide bonds. The molecule has 5 nitrogen and oxygen atoms in total. The summed E-state index contributed by atoms with van der Waals surface area (Å²) < 4.78 is 22.5. The van der Waals surface area contributed by atoms with Crippen LogP contribution in [-0.2, 0) is 4.79 Å². The molecule has 2 aromatic rings. The number of esters is 1. The lowest BCUT2D eigenvalue weighted by Gasteiger charge is -2.18. The highest BCUT2D eigenvalue weighted by Gasteiger charge is 2.21. The summed E-state index contributed by atoms with van der Waals surface area (Å²) in [6.07, 6.45) is 0. The van der Waals surface area contributed by atoms with Gasteiger partial charge in [0.15, 0.2) is 23.0 Å². The summed E-state index contributed by atoms with van der Waals surface area (Å²) in [7, 11) is 1.59. The fraction of sp³-hybridized carbons (Fsp3) is 0.350. The Kier molecular flexibility index (Phi) is 6.49. The summed E-state index contributed by atoms with van der Waals surface area (Å²) in [6, 6.07) is 11.5. The van der Waals surface area contributed by atoms with Crippen molar-refractivity contribution in [1.82, 2.24) is 0 Å². The number of fused-ring (bicyclic) bond motifs is 1. The van der Waals surface area contributed by atoms with Crippen LogP contribution >= 0.6 is 35.3 Å². The van der Waals surface area contributed by atoms with E-state index >= 15 is 0 Å². The predicted molar refractivity (Wildman–Crippen MR) is 114 cm³/mol. The average Bonchev–Trinajstić information content (AvgIpc) is 3.27. The van der Waals surface area contributed by atoms with Crippen molar-refractivity contribution in [3.8, 4) is 23.0 Å². The molecule has 8 heteroatoms. The van der Waals surface area contributed by atoms with Gasteiger partial charge < -0.3 is 18.9 Å². The first-order valence-electron chi connectivity index (χ1n) is 8.87. The molecule has 0 radical (unpaired) electrons. The Morgan fingerprint density at radius 1 is 1.07 bits per heavy atom. The second kappa shape index (κ2) is 9.24. The third kappa shape index (κ3) is 4.67. The van der Waals surface area contributed by atoms with Gasteiger partial charge in [-0.1, -0.05) is 6.07 Å². The van der Waals surface area contributed by atoms with E-state index in [2.05, 4.69) is 0 Å². The van der Waals surface area contributed by atoms with Gasteiger partial charge in [0.05, 0.1) is 17.4 Å². The first-order chi connectivity index (χ1) is 13.7. The zero-order valence-electron chi connectivity index (χ0n) is 15.3. The van der Waals surface area contributed by atoms with Crippen LogP contribution in [0.25, 0.3) is 0 Å². The fourth-order valence-corrected chi connectivity index (χ4v) is 6.41. The lowest BCUT2D eigenvalue weighted by Crippen LogP contribution is -2.15. The molecular weight excluding hydrogens is 416 g/mol. The van der Waals surface area contributed by atoms with Crippen LogP contribution in [0.2, 0.25) is 0 Å². The maximum Gasteiger partial charge on any atom is 0.321 e. The normalized spacial score (nSPS) is 16.0. The quantitative estimate of drug-likeness (QED) is 0.369. The molecule has 0 N–H and O–H groups in total. The maximum absolute atomic E-state index is 12.3. The van der Waals surface area contributed by atoms with Gasteiger partial charge in [-0.05, 0) is 35.9 Å². The SMILES string of the molecule is COc1cc(C2SCCS2)ccc1OC(=O)CSc1ccc2c(c1)OCCO2. The van der Waals surface area contributed by atoms with Crippen molar-refractivity contribution in [1.29, 1.82) is 0 Å². The molecule has 148 valence electrons. The van der Waals surface area contributed by atoms with Gasteiger partial charge in [0.2, 0.25) is 0 Å².